The van der Waals surface area contributed by atoms with Crippen LogP contribution in [-0.4, -0.2) is 6.85 Å². The fourth-order valence-corrected chi connectivity index (χ4v) is 15.8. The van der Waals surface area contributed by atoms with Gasteiger partial charge in [-0.3, -0.25) is 0 Å². The molecule has 0 spiro atoms. The van der Waals surface area contributed by atoms with Gasteiger partial charge in [-0.25, -0.2) is 0 Å². The zero-order valence-electron chi connectivity index (χ0n) is 52.5. The molecule has 13 rings (SSSR count). The fourth-order valence-electron chi connectivity index (χ4n) is 14.7. The van der Waals surface area contributed by atoms with Crippen molar-refractivity contribution in [3.05, 3.63) is 190 Å². The summed E-state index contributed by atoms with van der Waals surface area (Å²) < 4.78 is 2.65. The van der Waals surface area contributed by atoms with E-state index in [4.69, 9.17) is 0 Å². The van der Waals surface area contributed by atoms with Gasteiger partial charge in [-0.05, 0) is 204 Å². The Balaban J connectivity index is 1.16. The van der Waals surface area contributed by atoms with E-state index in [1.54, 1.807) is 0 Å². The minimum absolute atomic E-state index is 0.0105. The van der Waals surface area contributed by atoms with Gasteiger partial charge in [-0.2, -0.15) is 0 Å². The number of hydrogen-bond donors (Lipinski definition) is 0. The quantitative estimate of drug-likeness (QED) is 0.159. The molecule has 82 heavy (non-hydrogen) atoms. The highest BCUT2D eigenvalue weighted by molar-refractivity contribution is 7.26. The molecule has 0 fully saturated rings. The molecule has 5 heteroatoms. The Hall–Kier alpha value is -6.56. The minimum Gasteiger partial charge on any atom is -0.376 e. The molecule has 0 N–H and O–H groups in total. The zero-order chi connectivity index (χ0) is 58.2. The van der Waals surface area contributed by atoms with Crippen LogP contribution < -0.4 is 25.5 Å². The standard InChI is InChI=1S/C77H86BN3S/c1-47-41-59-61(77(17,18)40-39-75(59,13)14)46-63(47)80-65-43-50(73(8,9)10)42-57-55-33-31-53(79(51-27-23-48(24-28-51)71(2,3)4)52-29-25-49(26-30-52)72(5,6)7)45-64(55)81(54-32-34-58-60(44-54)76(15,16)38-37-74(58,11)12)78(69(57)65)62-35-36-67-68(70(62)80)56-21-19-20-22-66(56)82-67/h19-36,41-46H,37-40H2,1-18H3. The van der Waals surface area contributed by atoms with Crippen molar-refractivity contribution in [2.24, 2.45) is 0 Å². The molecule has 8 aromatic carbocycles. The Bertz CT molecular complexity index is 4010. The van der Waals surface area contributed by atoms with Crippen LogP contribution in [0.25, 0.3) is 31.3 Å². The molecule has 0 amide bonds. The first-order chi connectivity index (χ1) is 38.4. The first-order valence-electron chi connectivity index (χ1n) is 30.6. The second-order valence-corrected chi connectivity index (χ2v) is 32.0. The maximum absolute atomic E-state index is 2.80. The van der Waals surface area contributed by atoms with Crippen molar-refractivity contribution in [1.82, 2.24) is 0 Å². The lowest BCUT2D eigenvalue weighted by molar-refractivity contribution is 0.332. The number of rotatable bonds is 5. The summed E-state index contributed by atoms with van der Waals surface area (Å²) in [6.45, 7) is 43.1. The summed E-state index contributed by atoms with van der Waals surface area (Å²) in [6.07, 6.45) is 4.66. The van der Waals surface area contributed by atoms with Gasteiger partial charge in [0.2, 0.25) is 0 Å². The average molecular weight is 1100 g/mol. The molecule has 0 saturated carbocycles. The van der Waals surface area contributed by atoms with Crippen molar-refractivity contribution in [3.63, 3.8) is 0 Å². The third kappa shape index (κ3) is 8.62. The summed E-state index contributed by atoms with van der Waals surface area (Å²) >= 11 is 1.93. The molecule has 4 aliphatic rings. The van der Waals surface area contributed by atoms with E-state index in [0.29, 0.717) is 0 Å². The van der Waals surface area contributed by atoms with Crippen LogP contribution >= 0.6 is 11.3 Å². The van der Waals surface area contributed by atoms with Crippen LogP contribution in [0.15, 0.2) is 146 Å². The molecule has 3 heterocycles. The van der Waals surface area contributed by atoms with Gasteiger partial charge < -0.3 is 14.6 Å². The van der Waals surface area contributed by atoms with Gasteiger partial charge in [0.15, 0.2) is 0 Å². The van der Waals surface area contributed by atoms with Crippen molar-refractivity contribution in [3.8, 4) is 11.1 Å². The van der Waals surface area contributed by atoms with Crippen molar-refractivity contribution in [2.45, 2.75) is 188 Å². The largest absolute Gasteiger partial charge is 0.376 e. The number of thiophene rings is 1. The Kier molecular flexibility index (Phi) is 12.2. The van der Waals surface area contributed by atoms with Gasteiger partial charge in [-0.15, -0.1) is 11.3 Å². The smallest absolute Gasteiger partial charge is 0.333 e. The Morgan fingerprint density at radius 3 is 1.57 bits per heavy atom. The number of aryl methyl sites for hydroxylation is 1. The number of nitrogens with zero attached hydrogens (tertiary/aromatic N) is 3. The fraction of sp³-hybridized carbons (Fsp3) is 0.377. The molecule has 2 aliphatic carbocycles. The summed E-state index contributed by atoms with van der Waals surface area (Å²) in [7, 11) is 0. The topological polar surface area (TPSA) is 9.72 Å². The SMILES string of the molecule is Cc1cc2c(cc1N1c3cc(C(C)(C)C)cc4c3B(c3ccc5sc6ccccc6c5c31)N(c1ccc3c(c1)C(C)(C)CCC3(C)C)c1cc(N(c3ccc(C(C)(C)C)cc3)c3ccc(C(C)(C)C)cc3)ccc1-4)C(C)(C)CCC2(C)C. The van der Waals surface area contributed by atoms with Crippen LogP contribution in [0.2, 0.25) is 0 Å². The third-order valence-corrected chi connectivity index (χ3v) is 21.3. The first-order valence-corrected chi connectivity index (χ1v) is 31.4. The summed E-state index contributed by atoms with van der Waals surface area (Å²) in [6, 6.07) is 58.4. The molecule has 3 nitrogen and oxygen atoms in total. The lowest BCUT2D eigenvalue weighted by Crippen LogP contribution is -2.61. The van der Waals surface area contributed by atoms with E-state index in [1.165, 1.54) is 128 Å². The van der Waals surface area contributed by atoms with Crippen LogP contribution in [0.5, 0.6) is 0 Å². The van der Waals surface area contributed by atoms with Crippen molar-refractivity contribution >= 4 is 94.8 Å². The molecule has 2 aliphatic heterocycles. The highest BCUT2D eigenvalue weighted by Crippen LogP contribution is 2.56. The lowest BCUT2D eigenvalue weighted by atomic mass is 9.43. The molecule has 0 radical (unpaired) electrons. The third-order valence-electron chi connectivity index (χ3n) is 20.2. The van der Waals surface area contributed by atoms with E-state index in [2.05, 4.69) is 285 Å². The molecule has 0 atom stereocenters. The summed E-state index contributed by atoms with van der Waals surface area (Å²) in [5.74, 6) is 0. The molecule has 1 aromatic heterocycles. The average Bonchev–Trinajstić information content (AvgIpc) is 1.11. The van der Waals surface area contributed by atoms with Gasteiger partial charge >= 0.3 is 6.85 Å². The van der Waals surface area contributed by atoms with Crippen LogP contribution in [0.3, 0.4) is 0 Å². The van der Waals surface area contributed by atoms with Crippen molar-refractivity contribution < 1.29 is 0 Å². The number of hydrogen-bond acceptors (Lipinski definition) is 4. The number of benzene rings is 8. The predicted octanol–water partition coefficient (Wildman–Crippen LogP) is 21.1. The summed E-state index contributed by atoms with van der Waals surface area (Å²) in [4.78, 5) is 8.07. The Morgan fingerprint density at radius 1 is 0.451 bits per heavy atom. The predicted molar refractivity (Wildman–Crippen MR) is 359 cm³/mol. The second-order valence-electron chi connectivity index (χ2n) is 30.9. The van der Waals surface area contributed by atoms with E-state index in [1.807, 2.05) is 11.3 Å². The minimum atomic E-state index is -0.160. The highest BCUT2D eigenvalue weighted by Gasteiger charge is 2.49. The van der Waals surface area contributed by atoms with Crippen LogP contribution in [0.1, 0.15) is 188 Å². The van der Waals surface area contributed by atoms with Gasteiger partial charge in [0.25, 0.3) is 0 Å². The molecule has 0 unspecified atom stereocenters. The van der Waals surface area contributed by atoms with E-state index in [9.17, 15) is 0 Å². The molecule has 9 aromatic rings. The van der Waals surface area contributed by atoms with Gasteiger partial charge in [-0.1, -0.05) is 190 Å². The van der Waals surface area contributed by atoms with Gasteiger partial charge in [0, 0.05) is 65.5 Å². The first kappa shape index (κ1) is 54.7. The highest BCUT2D eigenvalue weighted by atomic mass is 32.1. The summed E-state index contributed by atoms with van der Waals surface area (Å²) in [5.41, 5.74) is 26.5. The molecule has 418 valence electrons. The van der Waals surface area contributed by atoms with E-state index in [-0.39, 0.29) is 44.8 Å². The molecule has 0 saturated heterocycles. The second kappa shape index (κ2) is 18.2. The Labute approximate surface area is 495 Å². The van der Waals surface area contributed by atoms with Crippen LogP contribution in [0.4, 0.5) is 45.5 Å². The van der Waals surface area contributed by atoms with E-state index >= 15 is 0 Å². The number of anilines is 8. The van der Waals surface area contributed by atoms with Gasteiger partial charge in [0.05, 0.1) is 5.69 Å². The lowest BCUT2D eigenvalue weighted by Gasteiger charge is -2.48. The van der Waals surface area contributed by atoms with Crippen molar-refractivity contribution in [2.75, 3.05) is 14.6 Å². The zero-order valence-corrected chi connectivity index (χ0v) is 53.3. The maximum atomic E-state index is 2.80. The summed E-state index contributed by atoms with van der Waals surface area (Å²) in [5, 5.41) is 2.67. The molecular weight excluding hydrogens is 1010 g/mol. The van der Waals surface area contributed by atoms with E-state index < -0.39 is 0 Å². The maximum Gasteiger partial charge on any atom is 0.333 e. The number of fused-ring (bicyclic) bond motifs is 10. The van der Waals surface area contributed by atoms with Crippen LogP contribution in [0, 0.1) is 6.92 Å². The Morgan fingerprint density at radius 2 is 0.988 bits per heavy atom. The normalized spacial score (nSPS) is 17.5. The monoisotopic (exact) mass is 1100 g/mol. The molecular formula is C77H86BN3S. The van der Waals surface area contributed by atoms with Gasteiger partial charge in [0.1, 0.15) is 0 Å². The van der Waals surface area contributed by atoms with Crippen molar-refractivity contribution in [1.29, 1.82) is 0 Å². The van der Waals surface area contributed by atoms with Crippen LogP contribution in [-0.2, 0) is 37.9 Å². The van der Waals surface area contributed by atoms with E-state index in [0.717, 1.165) is 29.9 Å². The molecule has 0 bridgehead atoms.